The van der Waals surface area contributed by atoms with Crippen molar-refractivity contribution in [2.24, 2.45) is 0 Å². The number of ether oxygens (including phenoxy) is 1. The third-order valence-electron chi connectivity index (χ3n) is 5.12. The number of anilines is 3. The summed E-state index contributed by atoms with van der Waals surface area (Å²) < 4.78 is 19.6. The molecule has 0 spiro atoms. The summed E-state index contributed by atoms with van der Waals surface area (Å²) in [5.74, 6) is 0.415. The van der Waals surface area contributed by atoms with Gasteiger partial charge < -0.3 is 15.4 Å². The highest BCUT2D eigenvalue weighted by molar-refractivity contribution is 6.04. The van der Waals surface area contributed by atoms with Crippen molar-refractivity contribution in [1.82, 2.24) is 9.97 Å². The van der Waals surface area contributed by atoms with Gasteiger partial charge in [-0.1, -0.05) is 0 Å². The molecular formula is C27H19FN4O2. The molecule has 166 valence electrons. The lowest BCUT2D eigenvalue weighted by molar-refractivity contribution is 0.102. The number of carbonyl (C=O) groups excluding carboxylic acids is 1. The molecule has 5 aromatic rings. The molecule has 2 heterocycles. The van der Waals surface area contributed by atoms with Crippen LogP contribution in [-0.2, 0) is 0 Å². The number of hydrogen-bond donors (Lipinski definition) is 2. The maximum absolute atomic E-state index is 13.7. The zero-order valence-corrected chi connectivity index (χ0v) is 17.9. The zero-order valence-electron chi connectivity index (χ0n) is 17.9. The smallest absolute Gasteiger partial charge is 0.255 e. The Labute approximate surface area is 195 Å². The molecule has 0 unspecified atom stereocenters. The van der Waals surface area contributed by atoms with Crippen molar-refractivity contribution >= 4 is 33.9 Å². The average Bonchev–Trinajstić information content (AvgIpc) is 2.87. The van der Waals surface area contributed by atoms with E-state index in [4.69, 9.17) is 4.74 Å². The van der Waals surface area contributed by atoms with Crippen molar-refractivity contribution in [3.05, 3.63) is 115 Å². The monoisotopic (exact) mass is 450 g/mol. The molecule has 3 aromatic carbocycles. The Kier molecular flexibility index (Phi) is 5.82. The van der Waals surface area contributed by atoms with Gasteiger partial charge in [0.1, 0.15) is 17.3 Å². The fourth-order valence-corrected chi connectivity index (χ4v) is 3.43. The van der Waals surface area contributed by atoms with Crippen molar-refractivity contribution < 1.29 is 13.9 Å². The van der Waals surface area contributed by atoms with Crippen LogP contribution in [0.3, 0.4) is 0 Å². The van der Waals surface area contributed by atoms with E-state index >= 15 is 0 Å². The first-order valence-corrected chi connectivity index (χ1v) is 10.5. The van der Waals surface area contributed by atoms with Gasteiger partial charge >= 0.3 is 0 Å². The molecule has 1 amide bonds. The Bertz CT molecular complexity index is 1440. The Hall–Kier alpha value is -4.78. The van der Waals surface area contributed by atoms with Gasteiger partial charge in [-0.15, -0.1) is 0 Å². The van der Waals surface area contributed by atoms with Gasteiger partial charge in [-0.2, -0.15) is 0 Å². The third-order valence-corrected chi connectivity index (χ3v) is 5.12. The van der Waals surface area contributed by atoms with Crippen LogP contribution < -0.4 is 15.4 Å². The summed E-state index contributed by atoms with van der Waals surface area (Å²) in [4.78, 5) is 20.9. The minimum atomic E-state index is -0.362. The van der Waals surface area contributed by atoms with E-state index in [0.29, 0.717) is 33.7 Å². The van der Waals surface area contributed by atoms with Crippen LogP contribution in [0.1, 0.15) is 10.4 Å². The van der Waals surface area contributed by atoms with Gasteiger partial charge in [0.05, 0.1) is 5.52 Å². The second kappa shape index (κ2) is 9.38. The third kappa shape index (κ3) is 4.83. The summed E-state index contributed by atoms with van der Waals surface area (Å²) >= 11 is 0. The molecule has 0 saturated heterocycles. The van der Waals surface area contributed by atoms with Crippen LogP contribution in [0, 0.1) is 5.82 Å². The highest BCUT2D eigenvalue weighted by atomic mass is 19.1. The van der Waals surface area contributed by atoms with Crippen molar-refractivity contribution in [3.63, 3.8) is 0 Å². The number of aromatic nitrogens is 2. The van der Waals surface area contributed by atoms with E-state index in [1.54, 1.807) is 55.0 Å². The van der Waals surface area contributed by atoms with E-state index in [0.717, 1.165) is 11.4 Å². The predicted octanol–water partition coefficient (Wildman–Crippen LogP) is 6.56. The van der Waals surface area contributed by atoms with Gasteiger partial charge in [0.15, 0.2) is 0 Å². The van der Waals surface area contributed by atoms with Gasteiger partial charge in [0.2, 0.25) is 0 Å². The zero-order chi connectivity index (χ0) is 23.3. The van der Waals surface area contributed by atoms with Gasteiger partial charge in [0, 0.05) is 46.6 Å². The number of fused-ring (bicyclic) bond motifs is 1. The van der Waals surface area contributed by atoms with Crippen LogP contribution in [-0.4, -0.2) is 15.9 Å². The van der Waals surface area contributed by atoms with E-state index in [1.165, 1.54) is 12.1 Å². The summed E-state index contributed by atoms with van der Waals surface area (Å²) in [5, 5.41) is 6.72. The number of halogens is 1. The van der Waals surface area contributed by atoms with E-state index in [9.17, 15) is 9.18 Å². The number of nitrogens with one attached hydrogen (secondary N) is 2. The van der Waals surface area contributed by atoms with Crippen LogP contribution in [0.15, 0.2) is 104 Å². The van der Waals surface area contributed by atoms with Gasteiger partial charge in [-0.3, -0.25) is 14.8 Å². The van der Waals surface area contributed by atoms with Crippen molar-refractivity contribution in [1.29, 1.82) is 0 Å². The van der Waals surface area contributed by atoms with Gasteiger partial charge in [-0.25, -0.2) is 4.39 Å². The molecule has 0 aliphatic carbocycles. The minimum Gasteiger partial charge on any atom is -0.457 e. The van der Waals surface area contributed by atoms with E-state index in [1.807, 2.05) is 36.4 Å². The Morgan fingerprint density at radius 1 is 0.765 bits per heavy atom. The minimum absolute atomic E-state index is 0.238. The first-order chi connectivity index (χ1) is 16.6. The summed E-state index contributed by atoms with van der Waals surface area (Å²) in [6.07, 6.45) is 5.04. The molecule has 0 atom stereocenters. The SMILES string of the molecule is O=C(Nc1ccc(Nc2ccncc2)cc1)c1ccc(Oc2ccnc3ccc(F)cc23)cc1. The van der Waals surface area contributed by atoms with Crippen LogP contribution in [0.4, 0.5) is 21.5 Å². The standard InChI is InChI=1S/C27H19FN4O2/c28-19-3-10-25-24(17-19)26(13-16-30-25)34-23-8-1-18(2-9-23)27(33)32-21-6-4-20(5-7-21)31-22-11-14-29-15-12-22/h1-17H,(H,29,31)(H,32,33). The average molecular weight is 450 g/mol. The van der Waals surface area contributed by atoms with Gasteiger partial charge in [0.25, 0.3) is 5.91 Å². The maximum atomic E-state index is 13.7. The molecule has 0 bridgehead atoms. The van der Waals surface area contributed by atoms with Crippen LogP contribution in [0.25, 0.3) is 10.9 Å². The Balaban J connectivity index is 1.24. The quantitative estimate of drug-likeness (QED) is 0.306. The Morgan fingerprint density at radius 2 is 1.47 bits per heavy atom. The van der Waals surface area contributed by atoms with Crippen molar-refractivity contribution in [2.75, 3.05) is 10.6 Å². The second-order valence-corrected chi connectivity index (χ2v) is 7.49. The molecule has 2 N–H and O–H groups in total. The number of nitrogens with zero attached hydrogens (tertiary/aromatic N) is 2. The van der Waals surface area contributed by atoms with Crippen LogP contribution >= 0.6 is 0 Å². The first-order valence-electron chi connectivity index (χ1n) is 10.5. The normalized spacial score (nSPS) is 10.6. The van der Waals surface area contributed by atoms with Crippen molar-refractivity contribution in [3.8, 4) is 11.5 Å². The van der Waals surface area contributed by atoms with E-state index in [2.05, 4.69) is 20.6 Å². The number of carbonyl (C=O) groups is 1. The fourth-order valence-electron chi connectivity index (χ4n) is 3.43. The topological polar surface area (TPSA) is 76.1 Å². The van der Waals surface area contributed by atoms with Crippen molar-refractivity contribution in [2.45, 2.75) is 0 Å². The van der Waals surface area contributed by atoms with E-state index in [-0.39, 0.29) is 11.7 Å². The lowest BCUT2D eigenvalue weighted by atomic mass is 10.2. The molecule has 6 nitrogen and oxygen atoms in total. The molecule has 0 fully saturated rings. The number of rotatable bonds is 6. The number of amides is 1. The van der Waals surface area contributed by atoms with Crippen LogP contribution in [0.5, 0.6) is 11.5 Å². The fraction of sp³-hybridized carbons (Fsp3) is 0. The lowest BCUT2D eigenvalue weighted by Crippen LogP contribution is -2.11. The first kappa shape index (κ1) is 21.1. The summed E-state index contributed by atoms with van der Waals surface area (Å²) in [5.41, 5.74) is 3.62. The summed E-state index contributed by atoms with van der Waals surface area (Å²) in [6.45, 7) is 0. The second-order valence-electron chi connectivity index (χ2n) is 7.49. The number of benzene rings is 3. The molecule has 5 rings (SSSR count). The largest absolute Gasteiger partial charge is 0.457 e. The number of pyridine rings is 2. The maximum Gasteiger partial charge on any atom is 0.255 e. The molecular weight excluding hydrogens is 431 g/mol. The predicted molar refractivity (Wildman–Crippen MR) is 130 cm³/mol. The number of hydrogen-bond acceptors (Lipinski definition) is 5. The molecule has 0 saturated carbocycles. The summed E-state index contributed by atoms with van der Waals surface area (Å²) in [6, 6.07) is 23.9. The van der Waals surface area contributed by atoms with Gasteiger partial charge in [-0.05, 0) is 84.9 Å². The summed E-state index contributed by atoms with van der Waals surface area (Å²) in [7, 11) is 0. The molecule has 0 radical (unpaired) electrons. The molecule has 0 aliphatic heterocycles. The molecule has 7 heteroatoms. The highest BCUT2D eigenvalue weighted by Gasteiger charge is 2.09. The molecule has 0 aliphatic rings. The lowest BCUT2D eigenvalue weighted by Gasteiger charge is -2.10. The molecule has 2 aromatic heterocycles. The molecule has 34 heavy (non-hydrogen) atoms. The highest BCUT2D eigenvalue weighted by Crippen LogP contribution is 2.29. The van der Waals surface area contributed by atoms with E-state index < -0.39 is 0 Å². The van der Waals surface area contributed by atoms with Crippen LogP contribution in [0.2, 0.25) is 0 Å². The Morgan fingerprint density at radius 3 is 2.24 bits per heavy atom.